The number of ether oxygens (including phenoxy) is 1. The fourth-order valence-electron chi connectivity index (χ4n) is 3.47. The average Bonchev–Trinajstić information content (AvgIpc) is 3.49. The molecule has 7 heteroatoms. The first-order valence-electron chi connectivity index (χ1n) is 9.08. The number of aromatic nitrogens is 2. The van der Waals surface area contributed by atoms with Crippen LogP contribution in [-0.2, 0) is 0 Å². The van der Waals surface area contributed by atoms with Crippen molar-refractivity contribution < 1.29 is 14.1 Å². The highest BCUT2D eigenvalue weighted by Gasteiger charge is 2.29. The van der Waals surface area contributed by atoms with E-state index in [-0.39, 0.29) is 12.0 Å². The fourth-order valence-corrected chi connectivity index (χ4v) is 4.03. The second-order valence-electron chi connectivity index (χ2n) is 6.69. The van der Waals surface area contributed by atoms with Crippen LogP contribution in [0.4, 0.5) is 0 Å². The van der Waals surface area contributed by atoms with Gasteiger partial charge < -0.3 is 14.2 Å². The zero-order chi connectivity index (χ0) is 18.9. The minimum atomic E-state index is -0.0192. The number of benzene rings is 2. The van der Waals surface area contributed by atoms with Crippen LogP contribution in [0, 0.1) is 0 Å². The van der Waals surface area contributed by atoms with Crippen molar-refractivity contribution in [1.29, 1.82) is 0 Å². The summed E-state index contributed by atoms with van der Waals surface area (Å²) in [5, 5.41) is 7.49. The Labute approximate surface area is 165 Å². The number of carbonyl (C=O) groups is 1. The number of fused-ring (bicyclic) bond motifs is 1. The van der Waals surface area contributed by atoms with Gasteiger partial charge in [-0.15, -0.1) is 0 Å². The third-order valence-corrected chi connectivity index (χ3v) is 5.53. The van der Waals surface area contributed by atoms with E-state index in [0.29, 0.717) is 29.6 Å². The van der Waals surface area contributed by atoms with Gasteiger partial charge in [0.15, 0.2) is 5.76 Å². The monoisotopic (exact) mass is 391 g/mol. The van der Waals surface area contributed by atoms with E-state index >= 15 is 0 Å². The second kappa shape index (κ2) is 7.09. The largest absolute Gasteiger partial charge is 0.465 e. The van der Waals surface area contributed by atoms with Gasteiger partial charge in [0.25, 0.3) is 11.1 Å². The molecule has 1 aliphatic heterocycles. The van der Waals surface area contributed by atoms with Crippen LogP contribution in [0.3, 0.4) is 0 Å². The third kappa shape index (κ3) is 3.14. The molecular formula is C21H17N3O3S. The van der Waals surface area contributed by atoms with E-state index in [1.807, 2.05) is 52.7 Å². The summed E-state index contributed by atoms with van der Waals surface area (Å²) in [5.41, 5.74) is 2.30. The Morgan fingerprint density at radius 1 is 1.21 bits per heavy atom. The predicted molar refractivity (Wildman–Crippen MR) is 106 cm³/mol. The quantitative estimate of drug-likeness (QED) is 0.520. The molecule has 4 aromatic rings. The lowest BCUT2D eigenvalue weighted by Crippen LogP contribution is -2.30. The van der Waals surface area contributed by atoms with Crippen LogP contribution in [0.1, 0.15) is 16.8 Å². The van der Waals surface area contributed by atoms with Gasteiger partial charge in [0.05, 0.1) is 11.9 Å². The Morgan fingerprint density at radius 2 is 2.11 bits per heavy atom. The molecule has 1 amide bonds. The molecule has 0 radical (unpaired) electrons. The third-order valence-electron chi connectivity index (χ3n) is 4.87. The Bertz CT molecular complexity index is 1110. The molecule has 6 nitrogen and oxygen atoms in total. The summed E-state index contributed by atoms with van der Waals surface area (Å²) in [6.45, 7) is 1.23. The highest BCUT2D eigenvalue weighted by molar-refractivity contribution is 7.11. The molecule has 1 saturated heterocycles. The maximum Gasteiger partial charge on any atom is 0.273 e. The maximum atomic E-state index is 13.0. The number of carbonyl (C=O) groups excluding carboxylic acids is 1. The molecule has 5 rings (SSSR count). The van der Waals surface area contributed by atoms with E-state index in [4.69, 9.17) is 9.26 Å². The topological polar surface area (TPSA) is 68.5 Å². The van der Waals surface area contributed by atoms with Crippen molar-refractivity contribution in [2.24, 2.45) is 0 Å². The highest BCUT2D eigenvalue weighted by Crippen LogP contribution is 2.30. The number of rotatable bonds is 4. The van der Waals surface area contributed by atoms with Gasteiger partial charge in [-0.2, -0.15) is 0 Å². The van der Waals surface area contributed by atoms with Crippen LogP contribution in [0.25, 0.3) is 22.2 Å². The van der Waals surface area contributed by atoms with Crippen molar-refractivity contribution in [2.75, 3.05) is 13.1 Å². The highest BCUT2D eigenvalue weighted by atomic mass is 32.1. The van der Waals surface area contributed by atoms with Crippen LogP contribution < -0.4 is 4.74 Å². The Balaban J connectivity index is 1.38. The molecule has 1 atom stereocenters. The summed E-state index contributed by atoms with van der Waals surface area (Å²) < 4.78 is 11.4. The van der Waals surface area contributed by atoms with Gasteiger partial charge >= 0.3 is 0 Å². The molecule has 1 aliphatic rings. The predicted octanol–water partition coefficient (Wildman–Crippen LogP) is 4.24. The van der Waals surface area contributed by atoms with Crippen molar-refractivity contribution in [1.82, 2.24) is 15.0 Å². The molecule has 0 spiro atoms. The molecule has 2 aromatic carbocycles. The Hall–Kier alpha value is -3.19. The molecule has 28 heavy (non-hydrogen) atoms. The number of amides is 1. The van der Waals surface area contributed by atoms with Crippen LogP contribution in [-0.4, -0.2) is 40.1 Å². The molecule has 0 N–H and O–H groups in total. The van der Waals surface area contributed by atoms with E-state index < -0.39 is 0 Å². The van der Waals surface area contributed by atoms with Gasteiger partial charge in [0.1, 0.15) is 11.6 Å². The Kier molecular flexibility index (Phi) is 4.29. The summed E-state index contributed by atoms with van der Waals surface area (Å²) in [6, 6.07) is 15.3. The SMILES string of the molecule is O=C(c1ccc2noc(-c3ccccc3)c2c1)N1CCC(Oc2nccs2)C1. The van der Waals surface area contributed by atoms with Crippen LogP contribution in [0.15, 0.2) is 64.6 Å². The van der Waals surface area contributed by atoms with Crippen LogP contribution in [0.2, 0.25) is 0 Å². The average molecular weight is 391 g/mol. The van der Waals surface area contributed by atoms with Gasteiger partial charge in [-0.05, 0) is 18.2 Å². The smallest absolute Gasteiger partial charge is 0.273 e. The molecule has 1 fully saturated rings. The van der Waals surface area contributed by atoms with E-state index in [1.54, 1.807) is 12.3 Å². The van der Waals surface area contributed by atoms with Crippen molar-refractivity contribution >= 4 is 28.1 Å². The van der Waals surface area contributed by atoms with E-state index in [9.17, 15) is 4.79 Å². The number of hydrogen-bond donors (Lipinski definition) is 0. The maximum absolute atomic E-state index is 13.0. The Morgan fingerprint density at radius 3 is 2.93 bits per heavy atom. The molecule has 2 aromatic heterocycles. The molecule has 0 bridgehead atoms. The summed E-state index contributed by atoms with van der Waals surface area (Å²) in [4.78, 5) is 19.0. The molecule has 1 unspecified atom stereocenters. The van der Waals surface area contributed by atoms with Crippen molar-refractivity contribution in [3.8, 4) is 16.5 Å². The standard InChI is InChI=1S/C21H17N3O3S/c25-20(24-10-8-16(13-24)26-21-22-9-11-28-21)15-6-7-18-17(12-15)19(27-23-18)14-4-2-1-3-5-14/h1-7,9,11-12,16H,8,10,13H2. The van der Waals surface area contributed by atoms with Gasteiger partial charge in [-0.1, -0.05) is 46.8 Å². The van der Waals surface area contributed by atoms with E-state index in [2.05, 4.69) is 10.1 Å². The summed E-state index contributed by atoms with van der Waals surface area (Å²) in [6.07, 6.45) is 2.50. The molecule has 140 valence electrons. The van der Waals surface area contributed by atoms with Gasteiger partial charge in [0.2, 0.25) is 0 Å². The van der Waals surface area contributed by atoms with E-state index in [0.717, 1.165) is 22.9 Å². The lowest BCUT2D eigenvalue weighted by Gasteiger charge is -2.16. The number of likely N-dealkylation sites (tertiary alicyclic amines) is 1. The first kappa shape index (κ1) is 16.9. The van der Waals surface area contributed by atoms with E-state index in [1.165, 1.54) is 11.3 Å². The number of hydrogen-bond acceptors (Lipinski definition) is 6. The van der Waals surface area contributed by atoms with Gasteiger partial charge in [0, 0.05) is 35.7 Å². The molecule has 0 saturated carbocycles. The van der Waals surface area contributed by atoms with Crippen LogP contribution in [0.5, 0.6) is 5.19 Å². The summed E-state index contributed by atoms with van der Waals surface area (Å²) in [5.74, 6) is 0.670. The minimum absolute atomic E-state index is 0.00708. The second-order valence-corrected chi connectivity index (χ2v) is 7.54. The van der Waals surface area contributed by atoms with Gasteiger partial charge in [-0.25, -0.2) is 4.98 Å². The van der Waals surface area contributed by atoms with Crippen molar-refractivity contribution in [3.63, 3.8) is 0 Å². The fraction of sp³-hybridized carbons (Fsp3) is 0.190. The number of thiazole rings is 1. The number of nitrogens with zero attached hydrogens (tertiary/aromatic N) is 3. The summed E-state index contributed by atoms with van der Waals surface area (Å²) in [7, 11) is 0. The van der Waals surface area contributed by atoms with Crippen molar-refractivity contribution in [2.45, 2.75) is 12.5 Å². The first-order chi connectivity index (χ1) is 13.8. The zero-order valence-corrected chi connectivity index (χ0v) is 15.8. The first-order valence-corrected chi connectivity index (χ1v) is 9.96. The van der Waals surface area contributed by atoms with Gasteiger partial charge in [-0.3, -0.25) is 4.79 Å². The zero-order valence-electron chi connectivity index (χ0n) is 14.9. The lowest BCUT2D eigenvalue weighted by molar-refractivity contribution is 0.0772. The molecule has 3 heterocycles. The van der Waals surface area contributed by atoms with Crippen LogP contribution >= 0.6 is 11.3 Å². The molecule has 0 aliphatic carbocycles. The molecular weight excluding hydrogens is 374 g/mol. The van der Waals surface area contributed by atoms with Crippen molar-refractivity contribution in [3.05, 3.63) is 65.7 Å². The summed E-state index contributed by atoms with van der Waals surface area (Å²) >= 11 is 1.46. The normalized spacial score (nSPS) is 16.6. The lowest BCUT2D eigenvalue weighted by atomic mass is 10.1. The minimum Gasteiger partial charge on any atom is -0.465 e.